The van der Waals surface area contributed by atoms with Crippen molar-refractivity contribution >= 4 is 6.09 Å². The van der Waals surface area contributed by atoms with Gasteiger partial charge in [0.05, 0.1) is 5.29 Å². The second kappa shape index (κ2) is 4.96. The first kappa shape index (κ1) is 10.2. The first-order valence-electron chi connectivity index (χ1n) is 4.01. The summed E-state index contributed by atoms with van der Waals surface area (Å²) < 4.78 is 4.77. The summed E-state index contributed by atoms with van der Waals surface area (Å²) in [4.78, 5) is 20.9. The van der Waals surface area contributed by atoms with Gasteiger partial charge in [0.2, 0.25) is 0 Å². The number of hydrogen-bond donors (Lipinski definition) is 0. The number of nitrogens with zero attached hydrogens (tertiary/aromatic N) is 2. The maximum absolute atomic E-state index is 11.0. The molecule has 1 aromatic rings. The molecule has 1 aromatic carbocycles. The minimum atomic E-state index is -0.760. The van der Waals surface area contributed by atoms with Crippen molar-refractivity contribution in [2.75, 3.05) is 7.05 Å². The van der Waals surface area contributed by atoms with Gasteiger partial charge in [0.1, 0.15) is 6.61 Å². The van der Waals surface area contributed by atoms with E-state index in [1.54, 1.807) is 0 Å². The highest BCUT2D eigenvalue weighted by atomic mass is 16.6. The summed E-state index contributed by atoms with van der Waals surface area (Å²) in [5.74, 6) is 0. The minimum Gasteiger partial charge on any atom is -0.443 e. The Morgan fingerprint density at radius 2 is 2.07 bits per heavy atom. The smallest absolute Gasteiger partial charge is 0.433 e. The zero-order valence-corrected chi connectivity index (χ0v) is 7.71. The third-order valence-electron chi connectivity index (χ3n) is 1.59. The third kappa shape index (κ3) is 2.85. The molecule has 0 N–H and O–H groups in total. The molecule has 0 heterocycles. The van der Waals surface area contributed by atoms with Crippen molar-refractivity contribution in [3.05, 3.63) is 40.8 Å². The molecule has 5 heteroatoms. The van der Waals surface area contributed by atoms with E-state index in [1.807, 2.05) is 30.3 Å². The van der Waals surface area contributed by atoms with Gasteiger partial charge in [-0.05, 0) is 5.56 Å². The molecule has 1 amide bonds. The van der Waals surface area contributed by atoms with Crippen LogP contribution in [-0.2, 0) is 11.3 Å². The molecule has 74 valence electrons. The van der Waals surface area contributed by atoms with E-state index in [2.05, 4.69) is 5.29 Å². The lowest BCUT2D eigenvalue weighted by Gasteiger charge is -2.07. The second-order valence-corrected chi connectivity index (χ2v) is 2.65. The number of nitroso groups, excluding NO2 is 1. The van der Waals surface area contributed by atoms with Crippen LogP contribution in [0.3, 0.4) is 0 Å². The largest absolute Gasteiger partial charge is 0.443 e. The summed E-state index contributed by atoms with van der Waals surface area (Å²) in [7, 11) is 1.24. The summed E-state index contributed by atoms with van der Waals surface area (Å²) in [6, 6.07) is 9.18. The Bertz CT molecular complexity index is 313. The lowest BCUT2D eigenvalue weighted by Crippen LogP contribution is -2.21. The summed E-state index contributed by atoms with van der Waals surface area (Å²) in [5, 5.41) is 3.01. The number of hydrogen-bond acceptors (Lipinski definition) is 4. The van der Waals surface area contributed by atoms with Gasteiger partial charge in [-0.2, -0.15) is 5.01 Å². The molecule has 5 nitrogen and oxygen atoms in total. The van der Waals surface area contributed by atoms with Gasteiger partial charge in [0.25, 0.3) is 0 Å². The molecule has 0 fully saturated rings. The van der Waals surface area contributed by atoms with Gasteiger partial charge >= 0.3 is 6.09 Å². The first-order chi connectivity index (χ1) is 6.74. The van der Waals surface area contributed by atoms with Crippen molar-refractivity contribution in [3.8, 4) is 0 Å². The predicted molar refractivity (Wildman–Crippen MR) is 50.2 cm³/mol. The number of rotatable bonds is 3. The predicted octanol–water partition coefficient (Wildman–Crippen LogP) is 1.94. The Balaban J connectivity index is 2.42. The van der Waals surface area contributed by atoms with E-state index in [4.69, 9.17) is 4.74 Å². The monoisotopic (exact) mass is 194 g/mol. The van der Waals surface area contributed by atoms with E-state index < -0.39 is 6.09 Å². The highest BCUT2D eigenvalue weighted by Gasteiger charge is 2.09. The van der Waals surface area contributed by atoms with Crippen LogP contribution in [0, 0.1) is 4.91 Å². The molecular weight excluding hydrogens is 184 g/mol. The molecule has 0 unspecified atom stereocenters. The Morgan fingerprint density at radius 1 is 1.43 bits per heavy atom. The van der Waals surface area contributed by atoms with Crippen molar-refractivity contribution in [2.45, 2.75) is 6.61 Å². The quantitative estimate of drug-likeness (QED) is 0.545. The highest BCUT2D eigenvalue weighted by Crippen LogP contribution is 2.02. The van der Waals surface area contributed by atoms with Gasteiger partial charge in [0, 0.05) is 7.05 Å². The molecule has 0 aliphatic heterocycles. The molecular formula is C9H10N2O3. The van der Waals surface area contributed by atoms with Crippen LogP contribution >= 0.6 is 0 Å². The second-order valence-electron chi connectivity index (χ2n) is 2.65. The van der Waals surface area contributed by atoms with Crippen molar-refractivity contribution in [3.63, 3.8) is 0 Å². The fraction of sp³-hybridized carbons (Fsp3) is 0.222. The van der Waals surface area contributed by atoms with E-state index in [1.165, 1.54) is 7.05 Å². The molecule has 0 aliphatic rings. The topological polar surface area (TPSA) is 59.0 Å². The van der Waals surface area contributed by atoms with Gasteiger partial charge in [-0.15, -0.1) is 4.91 Å². The Kier molecular flexibility index (Phi) is 3.60. The highest BCUT2D eigenvalue weighted by molar-refractivity contribution is 5.66. The Labute approximate surface area is 81.2 Å². The molecule has 0 saturated heterocycles. The zero-order valence-electron chi connectivity index (χ0n) is 7.71. The van der Waals surface area contributed by atoms with Gasteiger partial charge < -0.3 is 4.74 Å². The molecule has 1 rings (SSSR count). The number of benzene rings is 1. The van der Waals surface area contributed by atoms with Crippen LogP contribution in [-0.4, -0.2) is 18.1 Å². The van der Waals surface area contributed by atoms with E-state index in [0.717, 1.165) is 5.56 Å². The number of amides is 1. The molecule has 14 heavy (non-hydrogen) atoms. The fourth-order valence-electron chi connectivity index (χ4n) is 0.846. The van der Waals surface area contributed by atoms with E-state index >= 15 is 0 Å². The van der Waals surface area contributed by atoms with Gasteiger partial charge in [-0.25, -0.2) is 4.79 Å². The fourth-order valence-corrected chi connectivity index (χ4v) is 0.846. The van der Waals surface area contributed by atoms with Crippen LogP contribution in [0.1, 0.15) is 5.56 Å². The zero-order chi connectivity index (χ0) is 10.4. The lowest BCUT2D eigenvalue weighted by molar-refractivity contribution is 0.105. The summed E-state index contributed by atoms with van der Waals surface area (Å²) in [5.41, 5.74) is 0.861. The van der Waals surface area contributed by atoms with Crippen LogP contribution in [0.5, 0.6) is 0 Å². The van der Waals surface area contributed by atoms with E-state index in [0.29, 0.717) is 5.01 Å². The summed E-state index contributed by atoms with van der Waals surface area (Å²) >= 11 is 0. The van der Waals surface area contributed by atoms with Gasteiger partial charge in [0.15, 0.2) is 0 Å². The number of carbonyl (C=O) groups is 1. The third-order valence-corrected chi connectivity index (χ3v) is 1.59. The van der Waals surface area contributed by atoms with Gasteiger partial charge in [-0.3, -0.25) is 0 Å². The average molecular weight is 194 g/mol. The molecule has 0 radical (unpaired) electrons. The van der Waals surface area contributed by atoms with Crippen molar-refractivity contribution in [2.24, 2.45) is 5.29 Å². The molecule has 0 saturated carbocycles. The maximum Gasteiger partial charge on any atom is 0.433 e. The molecule has 0 atom stereocenters. The first-order valence-corrected chi connectivity index (χ1v) is 4.01. The van der Waals surface area contributed by atoms with Gasteiger partial charge in [-0.1, -0.05) is 30.3 Å². The Morgan fingerprint density at radius 3 is 2.64 bits per heavy atom. The molecule has 0 aliphatic carbocycles. The van der Waals surface area contributed by atoms with Crippen molar-refractivity contribution in [1.29, 1.82) is 0 Å². The summed E-state index contributed by atoms with van der Waals surface area (Å²) in [6.07, 6.45) is -0.760. The maximum atomic E-state index is 11.0. The summed E-state index contributed by atoms with van der Waals surface area (Å²) in [6.45, 7) is 0.138. The molecule has 0 bridgehead atoms. The van der Waals surface area contributed by atoms with Crippen molar-refractivity contribution in [1.82, 2.24) is 5.01 Å². The standard InChI is InChI=1S/C9H10N2O3/c1-11(10-13)9(12)14-7-8-5-3-2-4-6-8/h2-6H,7H2,1H3. The lowest BCUT2D eigenvalue weighted by atomic mass is 10.2. The Hall–Kier alpha value is -1.91. The minimum absolute atomic E-state index is 0.138. The molecule has 0 aromatic heterocycles. The van der Waals surface area contributed by atoms with E-state index in [9.17, 15) is 9.70 Å². The number of carbonyl (C=O) groups excluding carboxylic acids is 1. The van der Waals surface area contributed by atoms with Crippen LogP contribution in [0.15, 0.2) is 35.6 Å². The van der Waals surface area contributed by atoms with E-state index in [-0.39, 0.29) is 6.61 Å². The van der Waals surface area contributed by atoms with Crippen LogP contribution in [0.4, 0.5) is 4.79 Å². The number of ether oxygens (including phenoxy) is 1. The van der Waals surface area contributed by atoms with Crippen LogP contribution in [0.25, 0.3) is 0 Å². The SMILES string of the molecule is CN(N=O)C(=O)OCc1ccccc1. The van der Waals surface area contributed by atoms with Crippen molar-refractivity contribution < 1.29 is 9.53 Å². The molecule has 0 spiro atoms. The average Bonchev–Trinajstić information content (AvgIpc) is 2.26. The normalized spacial score (nSPS) is 9.21. The van der Waals surface area contributed by atoms with Crippen LogP contribution < -0.4 is 0 Å². The van der Waals surface area contributed by atoms with Crippen LogP contribution in [0.2, 0.25) is 0 Å².